The molecule has 144 valence electrons. The summed E-state index contributed by atoms with van der Waals surface area (Å²) in [6.07, 6.45) is 7.87. The standard InChI is InChI=1S/C18H32N4O2.ClH/c1-12(19-2)11-21-16(23)3-4-20-17(24)22-18-8-13-5-14(9-18)7-15(6-13)10-18;/h12-15,19H,3-11H2,1-2H3,(H,21,23)(H2,20,22,24);1H. The highest BCUT2D eigenvalue weighted by Crippen LogP contribution is 2.55. The molecule has 0 aliphatic heterocycles. The molecule has 3 amide bonds. The van der Waals surface area contributed by atoms with Gasteiger partial charge in [-0.25, -0.2) is 4.79 Å². The van der Waals surface area contributed by atoms with E-state index in [4.69, 9.17) is 0 Å². The van der Waals surface area contributed by atoms with Crippen molar-refractivity contribution >= 4 is 24.3 Å². The number of urea groups is 1. The largest absolute Gasteiger partial charge is 0.354 e. The van der Waals surface area contributed by atoms with Crippen LogP contribution >= 0.6 is 12.4 Å². The molecule has 0 saturated heterocycles. The topological polar surface area (TPSA) is 82.3 Å². The van der Waals surface area contributed by atoms with Gasteiger partial charge in [-0.1, -0.05) is 0 Å². The molecular formula is C18H33ClN4O2. The van der Waals surface area contributed by atoms with Gasteiger partial charge < -0.3 is 21.3 Å². The molecule has 1 unspecified atom stereocenters. The first-order valence-electron chi connectivity index (χ1n) is 9.48. The van der Waals surface area contributed by atoms with Crippen molar-refractivity contribution in [2.75, 3.05) is 20.1 Å². The average Bonchev–Trinajstić information content (AvgIpc) is 2.50. The molecule has 0 heterocycles. The van der Waals surface area contributed by atoms with Crippen molar-refractivity contribution in [2.24, 2.45) is 17.8 Å². The SMILES string of the molecule is CNC(C)CNC(=O)CCNC(=O)NC12CC3CC(CC(C3)C1)C2.Cl. The normalized spacial score (nSPS) is 33.3. The minimum Gasteiger partial charge on any atom is -0.354 e. The first-order valence-corrected chi connectivity index (χ1v) is 9.48. The minimum absolute atomic E-state index is 0. The summed E-state index contributed by atoms with van der Waals surface area (Å²) < 4.78 is 0. The molecule has 4 bridgehead atoms. The number of halogens is 1. The lowest BCUT2D eigenvalue weighted by atomic mass is 9.53. The lowest BCUT2D eigenvalue weighted by Crippen LogP contribution is -2.61. The van der Waals surface area contributed by atoms with E-state index in [0.717, 1.165) is 37.0 Å². The fraction of sp³-hybridized carbons (Fsp3) is 0.889. The molecule has 4 saturated carbocycles. The molecule has 4 aliphatic carbocycles. The van der Waals surface area contributed by atoms with Crippen molar-refractivity contribution < 1.29 is 9.59 Å². The van der Waals surface area contributed by atoms with E-state index in [1.165, 1.54) is 19.3 Å². The fourth-order valence-corrected chi connectivity index (χ4v) is 5.30. The maximum Gasteiger partial charge on any atom is 0.315 e. The summed E-state index contributed by atoms with van der Waals surface area (Å²) in [4.78, 5) is 24.0. The summed E-state index contributed by atoms with van der Waals surface area (Å²) in [7, 11) is 1.87. The zero-order chi connectivity index (χ0) is 17.2. The molecule has 4 rings (SSSR count). The number of nitrogens with one attached hydrogen (secondary N) is 4. The third-order valence-electron chi connectivity index (χ3n) is 6.15. The molecule has 6 nitrogen and oxygen atoms in total. The molecule has 4 aliphatic rings. The number of hydrogen-bond acceptors (Lipinski definition) is 3. The predicted octanol–water partition coefficient (Wildman–Crippen LogP) is 1.79. The van der Waals surface area contributed by atoms with Gasteiger partial charge in [-0.05, 0) is 70.3 Å². The van der Waals surface area contributed by atoms with Gasteiger partial charge in [0.2, 0.25) is 5.91 Å². The predicted molar refractivity (Wildman–Crippen MR) is 101 cm³/mol. The number of carbonyl (C=O) groups is 2. The van der Waals surface area contributed by atoms with Gasteiger partial charge in [0.05, 0.1) is 0 Å². The molecule has 4 N–H and O–H groups in total. The van der Waals surface area contributed by atoms with Crippen molar-refractivity contribution in [3.8, 4) is 0 Å². The molecule has 0 aromatic rings. The Bertz CT molecular complexity index is 450. The maximum absolute atomic E-state index is 12.3. The Hall–Kier alpha value is -1.01. The Kier molecular flexibility index (Phi) is 6.97. The lowest BCUT2D eigenvalue weighted by molar-refractivity contribution is -0.121. The zero-order valence-corrected chi connectivity index (χ0v) is 16.2. The van der Waals surface area contributed by atoms with E-state index in [9.17, 15) is 9.59 Å². The van der Waals surface area contributed by atoms with Crippen LogP contribution in [0.5, 0.6) is 0 Å². The first-order chi connectivity index (χ1) is 11.5. The van der Waals surface area contributed by atoms with Crippen LogP contribution in [0.1, 0.15) is 51.9 Å². The Labute approximate surface area is 157 Å². The molecule has 0 spiro atoms. The monoisotopic (exact) mass is 372 g/mol. The van der Waals surface area contributed by atoms with Gasteiger partial charge in [0.15, 0.2) is 0 Å². The van der Waals surface area contributed by atoms with Crippen LogP contribution in [0.25, 0.3) is 0 Å². The van der Waals surface area contributed by atoms with Gasteiger partial charge >= 0.3 is 6.03 Å². The van der Waals surface area contributed by atoms with Crippen LogP contribution in [0.2, 0.25) is 0 Å². The molecule has 1 atom stereocenters. The van der Waals surface area contributed by atoms with Gasteiger partial charge in [0, 0.05) is 31.1 Å². The van der Waals surface area contributed by atoms with E-state index < -0.39 is 0 Å². The van der Waals surface area contributed by atoms with Gasteiger partial charge in [0.25, 0.3) is 0 Å². The van der Waals surface area contributed by atoms with Crippen molar-refractivity contribution in [1.29, 1.82) is 0 Å². The van der Waals surface area contributed by atoms with E-state index in [1.807, 2.05) is 14.0 Å². The highest BCUT2D eigenvalue weighted by molar-refractivity contribution is 5.85. The Morgan fingerprint density at radius 3 is 2.12 bits per heavy atom. The highest BCUT2D eigenvalue weighted by atomic mass is 35.5. The van der Waals surface area contributed by atoms with Crippen LogP contribution in [-0.4, -0.2) is 43.7 Å². The smallest absolute Gasteiger partial charge is 0.315 e. The van der Waals surface area contributed by atoms with Crippen molar-refractivity contribution in [1.82, 2.24) is 21.3 Å². The van der Waals surface area contributed by atoms with E-state index in [-0.39, 0.29) is 35.9 Å². The van der Waals surface area contributed by atoms with Crippen LogP contribution in [0, 0.1) is 17.8 Å². The van der Waals surface area contributed by atoms with Gasteiger partial charge in [-0.15, -0.1) is 12.4 Å². The van der Waals surface area contributed by atoms with Gasteiger partial charge in [-0.3, -0.25) is 4.79 Å². The third kappa shape index (κ3) is 5.23. The third-order valence-corrected chi connectivity index (χ3v) is 6.15. The summed E-state index contributed by atoms with van der Waals surface area (Å²) in [5.41, 5.74) is 0.0311. The van der Waals surface area contributed by atoms with Crippen molar-refractivity contribution in [3.05, 3.63) is 0 Å². The Balaban J connectivity index is 0.00000225. The average molecular weight is 373 g/mol. The van der Waals surface area contributed by atoms with Gasteiger partial charge in [-0.2, -0.15) is 0 Å². The van der Waals surface area contributed by atoms with E-state index in [1.54, 1.807) is 0 Å². The maximum atomic E-state index is 12.3. The van der Waals surface area contributed by atoms with Crippen LogP contribution in [-0.2, 0) is 4.79 Å². The molecule has 4 fully saturated rings. The summed E-state index contributed by atoms with van der Waals surface area (Å²) in [5, 5.41) is 12.1. The Morgan fingerprint density at radius 1 is 1.04 bits per heavy atom. The lowest BCUT2D eigenvalue weighted by Gasteiger charge is -2.56. The number of carbonyl (C=O) groups excluding carboxylic acids is 2. The summed E-state index contributed by atoms with van der Waals surface area (Å²) >= 11 is 0. The summed E-state index contributed by atoms with van der Waals surface area (Å²) in [5.74, 6) is 2.43. The first kappa shape index (κ1) is 20.3. The highest BCUT2D eigenvalue weighted by Gasteiger charge is 2.51. The van der Waals surface area contributed by atoms with Crippen LogP contribution < -0.4 is 21.3 Å². The molecular weight excluding hydrogens is 340 g/mol. The summed E-state index contributed by atoms with van der Waals surface area (Å²) in [6, 6.07) is 0.148. The van der Waals surface area contributed by atoms with E-state index in [2.05, 4.69) is 21.3 Å². The Morgan fingerprint density at radius 2 is 1.60 bits per heavy atom. The number of likely N-dealkylation sites (N-methyl/N-ethyl adjacent to an activating group) is 1. The van der Waals surface area contributed by atoms with E-state index in [0.29, 0.717) is 19.5 Å². The fourth-order valence-electron chi connectivity index (χ4n) is 5.30. The number of amides is 3. The van der Waals surface area contributed by atoms with Crippen LogP contribution in [0.3, 0.4) is 0 Å². The molecule has 25 heavy (non-hydrogen) atoms. The molecule has 0 radical (unpaired) electrons. The summed E-state index contributed by atoms with van der Waals surface area (Å²) in [6.45, 7) is 3.00. The van der Waals surface area contributed by atoms with E-state index >= 15 is 0 Å². The van der Waals surface area contributed by atoms with Crippen LogP contribution in [0.15, 0.2) is 0 Å². The zero-order valence-electron chi connectivity index (χ0n) is 15.4. The second-order valence-electron chi connectivity index (χ2n) is 8.32. The van der Waals surface area contributed by atoms with Crippen molar-refractivity contribution in [2.45, 2.75) is 63.5 Å². The van der Waals surface area contributed by atoms with Crippen molar-refractivity contribution in [3.63, 3.8) is 0 Å². The number of rotatable bonds is 7. The quantitative estimate of drug-likeness (QED) is 0.550. The molecule has 0 aromatic carbocycles. The van der Waals surface area contributed by atoms with Crippen LogP contribution in [0.4, 0.5) is 4.79 Å². The van der Waals surface area contributed by atoms with Gasteiger partial charge in [0.1, 0.15) is 0 Å². The minimum atomic E-state index is -0.103. The molecule has 0 aromatic heterocycles. The number of hydrogen-bond donors (Lipinski definition) is 4. The second kappa shape index (κ2) is 8.58. The second-order valence-corrected chi connectivity index (χ2v) is 8.32. The molecule has 7 heteroatoms.